The molecule has 0 heterocycles. The Morgan fingerprint density at radius 3 is 2.33 bits per heavy atom. The van der Waals surface area contributed by atoms with E-state index < -0.39 is 0 Å². The molecule has 1 N–H and O–H groups in total. The molecule has 0 radical (unpaired) electrons. The first-order valence-electron chi connectivity index (χ1n) is 8.22. The molecule has 24 heavy (non-hydrogen) atoms. The van der Waals surface area contributed by atoms with Crippen LogP contribution in [-0.4, -0.2) is 25.2 Å². The van der Waals surface area contributed by atoms with Crippen molar-refractivity contribution in [2.75, 3.05) is 7.05 Å². The van der Waals surface area contributed by atoms with Gasteiger partial charge in [-0.3, -0.25) is 4.79 Å². The third-order valence-electron chi connectivity index (χ3n) is 3.47. The number of amides is 1. The lowest BCUT2D eigenvalue weighted by molar-refractivity contribution is 0.0963. The summed E-state index contributed by atoms with van der Waals surface area (Å²) in [5.41, 5.74) is 1.79. The molecule has 1 amide bonds. The minimum Gasteiger partial charge on any atom is -0.491 e. The molecular formula is C20H25NO3. The standard InChI is InChI=1S/C20H25NO3/c1-14(2)23-19-7-5-6-16(13-19)12-15(3)24-18-10-8-17(9-11-18)20(22)21-4/h5-11,13-15H,12H2,1-4H3,(H,21,22). The zero-order valence-corrected chi connectivity index (χ0v) is 14.7. The van der Waals surface area contributed by atoms with Crippen molar-refractivity contribution in [2.45, 2.75) is 39.4 Å². The first-order chi connectivity index (χ1) is 11.5. The summed E-state index contributed by atoms with van der Waals surface area (Å²) in [7, 11) is 1.62. The maximum absolute atomic E-state index is 11.5. The second kappa shape index (κ2) is 8.39. The molecule has 2 rings (SSSR count). The van der Waals surface area contributed by atoms with E-state index in [2.05, 4.69) is 17.4 Å². The first kappa shape index (κ1) is 17.9. The second-order valence-electron chi connectivity index (χ2n) is 6.05. The maximum Gasteiger partial charge on any atom is 0.251 e. The Balaban J connectivity index is 1.95. The minimum absolute atomic E-state index is 0.0187. The van der Waals surface area contributed by atoms with E-state index in [-0.39, 0.29) is 18.1 Å². The van der Waals surface area contributed by atoms with Gasteiger partial charge in [-0.05, 0) is 62.7 Å². The molecule has 0 saturated carbocycles. The van der Waals surface area contributed by atoms with Crippen molar-refractivity contribution in [1.29, 1.82) is 0 Å². The van der Waals surface area contributed by atoms with Crippen molar-refractivity contribution in [3.05, 3.63) is 59.7 Å². The van der Waals surface area contributed by atoms with Gasteiger partial charge < -0.3 is 14.8 Å². The van der Waals surface area contributed by atoms with Crippen LogP contribution in [0.1, 0.15) is 36.7 Å². The highest BCUT2D eigenvalue weighted by Gasteiger charge is 2.08. The van der Waals surface area contributed by atoms with Gasteiger partial charge in [-0.1, -0.05) is 12.1 Å². The van der Waals surface area contributed by atoms with Gasteiger partial charge in [0.1, 0.15) is 11.5 Å². The third-order valence-corrected chi connectivity index (χ3v) is 3.47. The number of carbonyl (C=O) groups is 1. The molecule has 1 unspecified atom stereocenters. The van der Waals surface area contributed by atoms with Crippen molar-refractivity contribution in [3.63, 3.8) is 0 Å². The van der Waals surface area contributed by atoms with Gasteiger partial charge in [0.2, 0.25) is 0 Å². The van der Waals surface area contributed by atoms with E-state index in [1.807, 2.05) is 45.0 Å². The number of hydrogen-bond acceptors (Lipinski definition) is 3. The number of nitrogens with one attached hydrogen (secondary N) is 1. The summed E-state index contributed by atoms with van der Waals surface area (Å²) in [6.07, 6.45) is 0.963. The lowest BCUT2D eigenvalue weighted by atomic mass is 10.1. The van der Waals surface area contributed by atoms with Crippen LogP contribution in [0.4, 0.5) is 0 Å². The molecule has 0 bridgehead atoms. The fourth-order valence-electron chi connectivity index (χ4n) is 2.45. The van der Waals surface area contributed by atoms with Gasteiger partial charge in [0.25, 0.3) is 5.91 Å². The van der Waals surface area contributed by atoms with Crippen molar-refractivity contribution < 1.29 is 14.3 Å². The average Bonchev–Trinajstić information content (AvgIpc) is 2.54. The van der Waals surface area contributed by atoms with Gasteiger partial charge in [-0.15, -0.1) is 0 Å². The fourth-order valence-corrected chi connectivity index (χ4v) is 2.45. The fraction of sp³-hybridized carbons (Fsp3) is 0.350. The van der Waals surface area contributed by atoms with Gasteiger partial charge in [-0.25, -0.2) is 0 Å². The largest absolute Gasteiger partial charge is 0.491 e. The molecule has 1 atom stereocenters. The Labute approximate surface area is 143 Å². The first-order valence-corrected chi connectivity index (χ1v) is 8.22. The van der Waals surface area contributed by atoms with Crippen molar-refractivity contribution in [1.82, 2.24) is 5.32 Å². The van der Waals surface area contributed by atoms with Gasteiger partial charge in [0.05, 0.1) is 12.2 Å². The Kier molecular flexibility index (Phi) is 6.24. The Morgan fingerprint density at radius 1 is 1.00 bits per heavy atom. The molecule has 0 aliphatic rings. The predicted octanol–water partition coefficient (Wildman–Crippen LogP) is 3.84. The monoisotopic (exact) mass is 327 g/mol. The maximum atomic E-state index is 11.5. The molecule has 0 aliphatic carbocycles. The third kappa shape index (κ3) is 5.30. The van der Waals surface area contributed by atoms with E-state index in [4.69, 9.17) is 9.47 Å². The molecule has 0 aromatic heterocycles. The second-order valence-corrected chi connectivity index (χ2v) is 6.05. The van der Waals surface area contributed by atoms with Gasteiger partial charge in [0, 0.05) is 19.0 Å². The van der Waals surface area contributed by atoms with E-state index in [1.54, 1.807) is 19.2 Å². The van der Waals surface area contributed by atoms with E-state index in [9.17, 15) is 4.79 Å². The predicted molar refractivity (Wildman–Crippen MR) is 95.8 cm³/mol. The molecule has 0 saturated heterocycles. The van der Waals surface area contributed by atoms with Crippen LogP contribution >= 0.6 is 0 Å². The van der Waals surface area contributed by atoms with Crippen molar-refractivity contribution >= 4 is 5.91 Å². The molecule has 0 fully saturated rings. The molecule has 0 spiro atoms. The molecule has 2 aromatic rings. The van der Waals surface area contributed by atoms with Crippen LogP contribution in [0.5, 0.6) is 11.5 Å². The van der Waals surface area contributed by atoms with Crippen LogP contribution < -0.4 is 14.8 Å². The normalized spacial score (nSPS) is 11.9. The highest BCUT2D eigenvalue weighted by atomic mass is 16.5. The molecule has 2 aromatic carbocycles. The van der Waals surface area contributed by atoms with Gasteiger partial charge in [-0.2, -0.15) is 0 Å². The lowest BCUT2D eigenvalue weighted by Gasteiger charge is -2.16. The molecule has 4 nitrogen and oxygen atoms in total. The zero-order chi connectivity index (χ0) is 17.5. The van der Waals surface area contributed by atoms with E-state index in [0.717, 1.165) is 17.9 Å². The number of hydrogen-bond donors (Lipinski definition) is 1. The summed E-state index contributed by atoms with van der Waals surface area (Å²) in [5, 5.41) is 2.60. The highest BCUT2D eigenvalue weighted by Crippen LogP contribution is 2.19. The molecule has 4 heteroatoms. The van der Waals surface area contributed by atoms with Crippen LogP contribution in [0.3, 0.4) is 0 Å². The van der Waals surface area contributed by atoms with Crippen molar-refractivity contribution in [3.8, 4) is 11.5 Å². The molecule has 128 valence electrons. The van der Waals surface area contributed by atoms with Crippen molar-refractivity contribution in [2.24, 2.45) is 0 Å². The Morgan fingerprint density at radius 2 is 1.71 bits per heavy atom. The van der Waals surface area contributed by atoms with Gasteiger partial charge in [0.15, 0.2) is 0 Å². The summed E-state index contributed by atoms with van der Waals surface area (Å²) in [6.45, 7) is 6.06. The van der Waals surface area contributed by atoms with E-state index in [0.29, 0.717) is 5.56 Å². The van der Waals surface area contributed by atoms with Crippen LogP contribution in [-0.2, 0) is 6.42 Å². The van der Waals surface area contributed by atoms with Crippen LogP contribution in [0, 0.1) is 0 Å². The summed E-state index contributed by atoms with van der Waals surface area (Å²) < 4.78 is 11.7. The SMILES string of the molecule is CNC(=O)c1ccc(OC(C)Cc2cccc(OC(C)C)c2)cc1. The molecular weight excluding hydrogens is 302 g/mol. The Hall–Kier alpha value is -2.49. The smallest absolute Gasteiger partial charge is 0.251 e. The number of benzene rings is 2. The number of ether oxygens (including phenoxy) is 2. The van der Waals surface area contributed by atoms with Crippen LogP contribution in [0.15, 0.2) is 48.5 Å². The van der Waals surface area contributed by atoms with E-state index in [1.165, 1.54) is 5.56 Å². The highest BCUT2D eigenvalue weighted by molar-refractivity contribution is 5.94. The minimum atomic E-state index is -0.100. The number of rotatable bonds is 7. The Bertz CT molecular complexity index is 665. The number of carbonyl (C=O) groups excluding carboxylic acids is 1. The summed E-state index contributed by atoms with van der Waals surface area (Å²) in [5.74, 6) is 1.53. The van der Waals surface area contributed by atoms with Crippen LogP contribution in [0.2, 0.25) is 0 Å². The average molecular weight is 327 g/mol. The van der Waals surface area contributed by atoms with E-state index >= 15 is 0 Å². The quantitative estimate of drug-likeness (QED) is 0.840. The molecule has 0 aliphatic heterocycles. The topological polar surface area (TPSA) is 47.6 Å². The van der Waals surface area contributed by atoms with Crippen LogP contribution in [0.25, 0.3) is 0 Å². The summed E-state index contributed by atoms with van der Waals surface area (Å²) in [4.78, 5) is 11.5. The van der Waals surface area contributed by atoms with Gasteiger partial charge >= 0.3 is 0 Å². The summed E-state index contributed by atoms with van der Waals surface area (Å²) in [6, 6.07) is 15.2. The zero-order valence-electron chi connectivity index (χ0n) is 14.7. The lowest BCUT2D eigenvalue weighted by Crippen LogP contribution is -2.18. The summed E-state index contributed by atoms with van der Waals surface area (Å²) >= 11 is 0.